The molecular weight excluding hydrogens is 402 g/mol. The number of nitrogens with one attached hydrogen (secondary N) is 1. The number of aryl methyl sites for hydroxylation is 2. The van der Waals surface area contributed by atoms with Gasteiger partial charge in [-0.1, -0.05) is 29.4 Å². The number of thioether (sulfide) groups is 1. The minimum absolute atomic E-state index is 0.101. The molecule has 28 heavy (non-hydrogen) atoms. The Hall–Kier alpha value is -2.52. The highest BCUT2D eigenvalue weighted by Gasteiger charge is 2.19. The van der Waals surface area contributed by atoms with E-state index < -0.39 is 11.2 Å². The number of carbonyl (C=O) groups is 1. The van der Waals surface area contributed by atoms with Gasteiger partial charge in [0.15, 0.2) is 16.3 Å². The molecule has 0 atom stereocenters. The number of rotatable bonds is 5. The Bertz CT molecular complexity index is 1190. The van der Waals surface area contributed by atoms with Gasteiger partial charge in [0.05, 0.1) is 5.75 Å². The molecule has 148 valence electrons. The van der Waals surface area contributed by atoms with Crippen molar-refractivity contribution in [1.29, 1.82) is 0 Å². The number of hydrogen-bond donors (Lipinski definition) is 1. The fraction of sp³-hybridized carbons (Fsp3) is 0.333. The smallest absolute Gasteiger partial charge is 0.325 e. The lowest BCUT2D eigenvalue weighted by Gasteiger charge is -2.09. The minimum Gasteiger partial charge on any atom is -0.325 e. The van der Waals surface area contributed by atoms with Crippen molar-refractivity contribution in [2.24, 2.45) is 14.1 Å². The first-order valence-corrected chi connectivity index (χ1v) is 9.96. The molecule has 0 saturated heterocycles. The largest absolute Gasteiger partial charge is 0.332 e. The van der Waals surface area contributed by atoms with Gasteiger partial charge in [-0.15, -0.1) is 0 Å². The molecule has 0 unspecified atom stereocenters. The second-order valence-corrected chi connectivity index (χ2v) is 7.62. The normalized spacial score (nSPS) is 11.2. The van der Waals surface area contributed by atoms with Crippen LogP contribution in [-0.2, 0) is 25.4 Å². The summed E-state index contributed by atoms with van der Waals surface area (Å²) < 4.78 is 4.11. The molecule has 2 aromatic heterocycles. The van der Waals surface area contributed by atoms with Crippen molar-refractivity contribution in [3.63, 3.8) is 0 Å². The summed E-state index contributed by atoms with van der Waals surface area (Å²) in [6.07, 6.45) is 0. The SMILES string of the molecule is CCn1c(SCC(=O)Nc2cccc(Cl)c2C)nc2c1c(=O)n(C)c(=O)n2C. The maximum atomic E-state index is 12.5. The van der Waals surface area contributed by atoms with Gasteiger partial charge in [-0.25, -0.2) is 9.78 Å². The number of imidazole rings is 1. The van der Waals surface area contributed by atoms with Gasteiger partial charge in [-0.2, -0.15) is 0 Å². The van der Waals surface area contributed by atoms with Crippen LogP contribution in [0.4, 0.5) is 5.69 Å². The lowest BCUT2D eigenvalue weighted by molar-refractivity contribution is -0.113. The van der Waals surface area contributed by atoms with Gasteiger partial charge in [-0.05, 0) is 31.5 Å². The van der Waals surface area contributed by atoms with Crippen molar-refractivity contribution in [3.8, 4) is 0 Å². The molecule has 1 aromatic carbocycles. The van der Waals surface area contributed by atoms with Gasteiger partial charge in [0.1, 0.15) is 0 Å². The minimum atomic E-state index is -0.441. The third-order valence-electron chi connectivity index (χ3n) is 4.50. The summed E-state index contributed by atoms with van der Waals surface area (Å²) in [5, 5.41) is 3.92. The Morgan fingerprint density at radius 2 is 1.96 bits per heavy atom. The van der Waals surface area contributed by atoms with E-state index in [-0.39, 0.29) is 11.7 Å². The molecule has 0 fully saturated rings. The number of amides is 1. The van der Waals surface area contributed by atoms with Gasteiger partial charge in [-0.3, -0.25) is 18.7 Å². The number of aromatic nitrogens is 4. The highest BCUT2D eigenvalue weighted by Crippen LogP contribution is 2.24. The molecular formula is C18H20ClN5O3S. The van der Waals surface area contributed by atoms with Crippen LogP contribution in [0.1, 0.15) is 12.5 Å². The quantitative estimate of drug-likeness (QED) is 0.637. The lowest BCUT2D eigenvalue weighted by atomic mass is 10.2. The summed E-state index contributed by atoms with van der Waals surface area (Å²) >= 11 is 7.29. The van der Waals surface area contributed by atoms with E-state index >= 15 is 0 Å². The number of hydrogen-bond acceptors (Lipinski definition) is 5. The van der Waals surface area contributed by atoms with Crippen LogP contribution in [0.15, 0.2) is 32.9 Å². The van der Waals surface area contributed by atoms with Crippen molar-refractivity contribution < 1.29 is 4.79 Å². The van der Waals surface area contributed by atoms with Crippen LogP contribution in [-0.4, -0.2) is 30.3 Å². The van der Waals surface area contributed by atoms with E-state index in [0.29, 0.717) is 33.6 Å². The average Bonchev–Trinajstić information content (AvgIpc) is 3.05. The standard InChI is InChI=1S/C18H20ClN5O3S/c1-5-24-14-15(22(3)18(27)23(4)16(14)26)21-17(24)28-9-13(25)20-12-8-6-7-11(19)10(12)2/h6-8H,5,9H2,1-4H3,(H,20,25). The number of fused-ring (bicyclic) bond motifs is 1. The predicted molar refractivity (Wildman–Crippen MR) is 111 cm³/mol. The fourth-order valence-electron chi connectivity index (χ4n) is 2.89. The van der Waals surface area contributed by atoms with E-state index in [0.717, 1.165) is 10.1 Å². The zero-order chi connectivity index (χ0) is 20.6. The van der Waals surface area contributed by atoms with Gasteiger partial charge in [0.25, 0.3) is 5.56 Å². The van der Waals surface area contributed by atoms with E-state index in [2.05, 4.69) is 10.3 Å². The summed E-state index contributed by atoms with van der Waals surface area (Å²) in [7, 11) is 3.00. The molecule has 0 spiro atoms. The number of nitrogens with zero attached hydrogens (tertiary/aromatic N) is 4. The number of halogens is 1. The monoisotopic (exact) mass is 421 g/mol. The molecule has 0 aliphatic carbocycles. The zero-order valence-corrected chi connectivity index (χ0v) is 17.5. The Morgan fingerprint density at radius 1 is 1.25 bits per heavy atom. The second kappa shape index (κ2) is 7.84. The van der Waals surface area contributed by atoms with E-state index in [1.807, 2.05) is 13.8 Å². The van der Waals surface area contributed by atoms with Crippen LogP contribution in [0, 0.1) is 6.92 Å². The van der Waals surface area contributed by atoms with Crippen LogP contribution < -0.4 is 16.6 Å². The molecule has 1 amide bonds. The molecule has 0 radical (unpaired) electrons. The first-order chi connectivity index (χ1) is 13.3. The average molecular weight is 422 g/mol. The molecule has 3 aromatic rings. The Labute approximate surface area is 170 Å². The van der Waals surface area contributed by atoms with Gasteiger partial charge in [0.2, 0.25) is 5.91 Å². The van der Waals surface area contributed by atoms with Crippen molar-refractivity contribution >= 4 is 46.1 Å². The molecule has 0 saturated carbocycles. The number of benzene rings is 1. The molecule has 3 rings (SSSR count). The first kappa shape index (κ1) is 20.2. The van der Waals surface area contributed by atoms with Crippen LogP contribution in [0.5, 0.6) is 0 Å². The van der Waals surface area contributed by atoms with E-state index in [1.165, 1.54) is 23.4 Å². The number of carbonyl (C=O) groups excluding carboxylic acids is 1. The highest BCUT2D eigenvalue weighted by molar-refractivity contribution is 7.99. The first-order valence-electron chi connectivity index (χ1n) is 8.60. The zero-order valence-electron chi connectivity index (χ0n) is 15.9. The lowest BCUT2D eigenvalue weighted by Crippen LogP contribution is -2.37. The molecule has 10 heteroatoms. The van der Waals surface area contributed by atoms with Crippen molar-refractivity contribution in [1.82, 2.24) is 18.7 Å². The van der Waals surface area contributed by atoms with Crippen LogP contribution in [0.25, 0.3) is 11.2 Å². The topological polar surface area (TPSA) is 90.9 Å². The van der Waals surface area contributed by atoms with Crippen LogP contribution >= 0.6 is 23.4 Å². The third-order valence-corrected chi connectivity index (χ3v) is 5.89. The Morgan fingerprint density at radius 3 is 2.64 bits per heavy atom. The predicted octanol–water partition coefficient (Wildman–Crippen LogP) is 2.15. The Balaban J connectivity index is 1.89. The fourth-order valence-corrected chi connectivity index (χ4v) is 3.92. The van der Waals surface area contributed by atoms with E-state index in [1.54, 1.807) is 29.8 Å². The second-order valence-electron chi connectivity index (χ2n) is 6.27. The third kappa shape index (κ3) is 3.47. The summed E-state index contributed by atoms with van der Waals surface area (Å²) in [5.74, 6) is -0.115. The van der Waals surface area contributed by atoms with Crippen LogP contribution in [0.2, 0.25) is 5.02 Å². The molecule has 2 heterocycles. The molecule has 0 bridgehead atoms. The highest BCUT2D eigenvalue weighted by atomic mass is 35.5. The van der Waals surface area contributed by atoms with E-state index in [4.69, 9.17) is 11.6 Å². The molecule has 1 N–H and O–H groups in total. The number of anilines is 1. The van der Waals surface area contributed by atoms with Crippen LogP contribution in [0.3, 0.4) is 0 Å². The molecule has 0 aliphatic rings. The summed E-state index contributed by atoms with van der Waals surface area (Å²) in [6.45, 7) is 4.20. The maximum absolute atomic E-state index is 12.5. The molecule has 0 aliphatic heterocycles. The Kier molecular flexibility index (Phi) is 5.66. The van der Waals surface area contributed by atoms with Gasteiger partial charge >= 0.3 is 5.69 Å². The maximum Gasteiger partial charge on any atom is 0.332 e. The van der Waals surface area contributed by atoms with Crippen molar-refractivity contribution in [2.75, 3.05) is 11.1 Å². The van der Waals surface area contributed by atoms with Crippen molar-refractivity contribution in [2.45, 2.75) is 25.5 Å². The molecule has 8 nitrogen and oxygen atoms in total. The van der Waals surface area contributed by atoms with Gasteiger partial charge < -0.3 is 9.88 Å². The van der Waals surface area contributed by atoms with Gasteiger partial charge in [0, 0.05) is 31.4 Å². The summed E-state index contributed by atoms with van der Waals surface area (Å²) in [5.41, 5.74) is 1.26. The van der Waals surface area contributed by atoms with E-state index in [9.17, 15) is 14.4 Å². The van der Waals surface area contributed by atoms with Crippen molar-refractivity contribution in [3.05, 3.63) is 49.6 Å². The summed E-state index contributed by atoms with van der Waals surface area (Å²) in [4.78, 5) is 41.5. The summed E-state index contributed by atoms with van der Waals surface area (Å²) in [6, 6.07) is 5.31.